The second-order valence-electron chi connectivity index (χ2n) is 5.98. The Kier molecular flexibility index (Phi) is 5.02. The highest BCUT2D eigenvalue weighted by Gasteiger charge is 2.20. The number of rotatable bonds is 6. The number of fused-ring (bicyclic) bond motifs is 1. The molecule has 0 fully saturated rings. The number of hydrogen-bond acceptors (Lipinski definition) is 4. The first-order valence-electron chi connectivity index (χ1n) is 8.22. The first-order chi connectivity index (χ1) is 12.6. The Balaban J connectivity index is 1.94. The zero-order chi connectivity index (χ0) is 18.7. The average molecular weight is 354 g/mol. The third-order valence-electron chi connectivity index (χ3n) is 4.21. The summed E-state index contributed by atoms with van der Waals surface area (Å²) < 4.78 is 16.4. The lowest BCUT2D eigenvalue weighted by atomic mass is 10.1. The van der Waals surface area contributed by atoms with Crippen molar-refractivity contribution in [3.05, 3.63) is 47.7 Å². The normalized spacial score (nSPS) is 10.6. The molecule has 1 heterocycles. The molecule has 1 aromatic heterocycles. The van der Waals surface area contributed by atoms with Crippen LogP contribution in [-0.4, -0.2) is 32.2 Å². The van der Waals surface area contributed by atoms with Gasteiger partial charge in [-0.3, -0.25) is 4.79 Å². The van der Waals surface area contributed by atoms with Crippen molar-refractivity contribution in [2.75, 3.05) is 26.6 Å². The van der Waals surface area contributed by atoms with Crippen LogP contribution in [-0.2, 0) is 11.2 Å². The summed E-state index contributed by atoms with van der Waals surface area (Å²) in [4.78, 5) is 15.7. The molecule has 3 rings (SSSR count). The average Bonchev–Trinajstić information content (AvgIpc) is 3.02. The molecule has 0 atom stereocenters. The first-order valence-corrected chi connectivity index (χ1v) is 8.22. The summed E-state index contributed by atoms with van der Waals surface area (Å²) in [6.07, 6.45) is 2.02. The molecule has 0 aliphatic carbocycles. The summed E-state index contributed by atoms with van der Waals surface area (Å²) in [6, 6.07) is 9.53. The molecule has 136 valence electrons. The standard InChI is InChI=1S/C20H22N2O4/c1-12-6-5-7-14(8-12)22-17(23)9-13-11-21-15-10-16(24-2)19(25-3)20(26-4)18(13)15/h5-8,10-11,21H,9H2,1-4H3,(H,22,23). The number of carbonyl (C=O) groups is 1. The van der Waals surface area contributed by atoms with Crippen LogP contribution >= 0.6 is 0 Å². The van der Waals surface area contributed by atoms with Crippen molar-refractivity contribution in [2.45, 2.75) is 13.3 Å². The Labute approximate surface area is 152 Å². The third-order valence-corrected chi connectivity index (χ3v) is 4.21. The van der Waals surface area contributed by atoms with E-state index in [-0.39, 0.29) is 12.3 Å². The van der Waals surface area contributed by atoms with Gasteiger partial charge in [-0.2, -0.15) is 0 Å². The zero-order valence-electron chi connectivity index (χ0n) is 15.3. The number of ether oxygens (including phenoxy) is 3. The monoisotopic (exact) mass is 354 g/mol. The molecular weight excluding hydrogens is 332 g/mol. The Morgan fingerprint density at radius 3 is 2.50 bits per heavy atom. The molecule has 0 aliphatic heterocycles. The smallest absolute Gasteiger partial charge is 0.228 e. The van der Waals surface area contributed by atoms with E-state index >= 15 is 0 Å². The van der Waals surface area contributed by atoms with Crippen LogP contribution in [0, 0.1) is 6.92 Å². The van der Waals surface area contributed by atoms with E-state index in [4.69, 9.17) is 14.2 Å². The fourth-order valence-electron chi connectivity index (χ4n) is 3.07. The predicted molar refractivity (Wildman–Crippen MR) is 101 cm³/mol. The number of aromatic nitrogens is 1. The van der Waals surface area contributed by atoms with Crippen LogP contribution in [0.1, 0.15) is 11.1 Å². The summed E-state index contributed by atoms with van der Waals surface area (Å²) >= 11 is 0. The number of nitrogens with one attached hydrogen (secondary N) is 2. The van der Waals surface area contributed by atoms with Gasteiger partial charge in [-0.25, -0.2) is 0 Å². The second kappa shape index (κ2) is 7.39. The lowest BCUT2D eigenvalue weighted by molar-refractivity contribution is -0.115. The lowest BCUT2D eigenvalue weighted by Gasteiger charge is -2.14. The molecule has 0 radical (unpaired) electrons. The molecular formula is C20H22N2O4. The molecule has 0 saturated carbocycles. The SMILES string of the molecule is COc1cc2[nH]cc(CC(=O)Nc3cccc(C)c3)c2c(OC)c1OC. The van der Waals surface area contributed by atoms with Gasteiger partial charge < -0.3 is 24.5 Å². The van der Waals surface area contributed by atoms with Gasteiger partial charge in [0, 0.05) is 23.3 Å². The fourth-order valence-corrected chi connectivity index (χ4v) is 3.07. The van der Waals surface area contributed by atoms with Crippen molar-refractivity contribution < 1.29 is 19.0 Å². The van der Waals surface area contributed by atoms with E-state index in [2.05, 4.69) is 10.3 Å². The number of H-pyrrole nitrogens is 1. The largest absolute Gasteiger partial charge is 0.493 e. The summed E-state index contributed by atoms with van der Waals surface area (Å²) in [6.45, 7) is 1.99. The van der Waals surface area contributed by atoms with E-state index in [1.807, 2.05) is 43.5 Å². The number of amides is 1. The maximum absolute atomic E-state index is 12.5. The number of benzene rings is 2. The highest BCUT2D eigenvalue weighted by Crippen LogP contribution is 2.44. The van der Waals surface area contributed by atoms with Crippen molar-refractivity contribution in [1.82, 2.24) is 4.98 Å². The van der Waals surface area contributed by atoms with E-state index in [0.717, 1.165) is 27.7 Å². The number of aryl methyl sites for hydroxylation is 1. The van der Waals surface area contributed by atoms with Gasteiger partial charge in [0.1, 0.15) is 0 Å². The van der Waals surface area contributed by atoms with Gasteiger partial charge in [-0.1, -0.05) is 12.1 Å². The molecule has 2 N–H and O–H groups in total. The van der Waals surface area contributed by atoms with Crippen molar-refractivity contribution in [3.63, 3.8) is 0 Å². The van der Waals surface area contributed by atoms with E-state index in [9.17, 15) is 4.79 Å². The fraction of sp³-hybridized carbons (Fsp3) is 0.250. The Bertz CT molecular complexity index is 946. The molecule has 0 spiro atoms. The van der Waals surface area contributed by atoms with Crippen LogP contribution in [0.3, 0.4) is 0 Å². The maximum Gasteiger partial charge on any atom is 0.228 e. The quantitative estimate of drug-likeness (QED) is 0.708. The molecule has 0 saturated heterocycles. The Morgan fingerprint density at radius 1 is 1.08 bits per heavy atom. The molecule has 3 aromatic rings. The van der Waals surface area contributed by atoms with Gasteiger partial charge in [0.15, 0.2) is 11.5 Å². The molecule has 6 heteroatoms. The topological polar surface area (TPSA) is 72.6 Å². The minimum atomic E-state index is -0.103. The van der Waals surface area contributed by atoms with E-state index in [0.29, 0.717) is 17.2 Å². The van der Waals surface area contributed by atoms with Crippen LogP contribution in [0.4, 0.5) is 5.69 Å². The molecule has 0 aliphatic rings. The Hall–Kier alpha value is -3.15. The van der Waals surface area contributed by atoms with Gasteiger partial charge in [0.2, 0.25) is 11.7 Å². The molecule has 0 unspecified atom stereocenters. The molecule has 1 amide bonds. The van der Waals surface area contributed by atoms with Crippen LogP contribution in [0.5, 0.6) is 17.2 Å². The summed E-state index contributed by atoms with van der Waals surface area (Å²) in [5, 5.41) is 3.73. The predicted octanol–water partition coefficient (Wildman–Crippen LogP) is 3.68. The van der Waals surface area contributed by atoms with Gasteiger partial charge >= 0.3 is 0 Å². The van der Waals surface area contributed by atoms with E-state index < -0.39 is 0 Å². The van der Waals surface area contributed by atoms with Gasteiger partial charge in [0.25, 0.3) is 0 Å². The number of hydrogen-bond donors (Lipinski definition) is 2. The summed E-state index contributed by atoms with van der Waals surface area (Å²) in [5.41, 5.74) is 3.51. The van der Waals surface area contributed by atoms with Crippen molar-refractivity contribution in [1.29, 1.82) is 0 Å². The van der Waals surface area contributed by atoms with E-state index in [1.165, 1.54) is 0 Å². The third kappa shape index (κ3) is 3.31. The Morgan fingerprint density at radius 2 is 1.85 bits per heavy atom. The van der Waals surface area contributed by atoms with Crippen molar-refractivity contribution in [2.24, 2.45) is 0 Å². The van der Waals surface area contributed by atoms with Crippen molar-refractivity contribution >= 4 is 22.5 Å². The van der Waals surface area contributed by atoms with Gasteiger partial charge in [-0.05, 0) is 30.2 Å². The number of carbonyl (C=O) groups excluding carboxylic acids is 1. The van der Waals surface area contributed by atoms with E-state index in [1.54, 1.807) is 21.3 Å². The molecule has 26 heavy (non-hydrogen) atoms. The minimum Gasteiger partial charge on any atom is -0.493 e. The zero-order valence-corrected chi connectivity index (χ0v) is 15.3. The molecule has 0 bridgehead atoms. The molecule has 2 aromatic carbocycles. The summed E-state index contributed by atoms with van der Waals surface area (Å²) in [5.74, 6) is 1.51. The van der Waals surface area contributed by atoms with Crippen molar-refractivity contribution in [3.8, 4) is 17.2 Å². The number of anilines is 1. The van der Waals surface area contributed by atoms with Gasteiger partial charge in [-0.15, -0.1) is 0 Å². The summed E-state index contributed by atoms with van der Waals surface area (Å²) in [7, 11) is 4.70. The number of methoxy groups -OCH3 is 3. The van der Waals surface area contributed by atoms with Crippen LogP contribution in [0.25, 0.3) is 10.9 Å². The maximum atomic E-state index is 12.5. The highest BCUT2D eigenvalue weighted by molar-refractivity contribution is 5.99. The molecule has 6 nitrogen and oxygen atoms in total. The first kappa shape index (κ1) is 17.7. The lowest BCUT2D eigenvalue weighted by Crippen LogP contribution is -2.14. The second-order valence-corrected chi connectivity index (χ2v) is 5.98. The van der Waals surface area contributed by atoms with Gasteiger partial charge in [0.05, 0.1) is 33.3 Å². The highest BCUT2D eigenvalue weighted by atomic mass is 16.5. The van der Waals surface area contributed by atoms with Crippen LogP contribution < -0.4 is 19.5 Å². The minimum absolute atomic E-state index is 0.103. The van der Waals surface area contributed by atoms with Crippen LogP contribution in [0.15, 0.2) is 36.5 Å². The number of aromatic amines is 1. The van der Waals surface area contributed by atoms with Crippen LogP contribution in [0.2, 0.25) is 0 Å².